The molecule has 0 saturated carbocycles. The van der Waals surface area contributed by atoms with Gasteiger partial charge in [0.1, 0.15) is 6.04 Å². The van der Waals surface area contributed by atoms with Crippen LogP contribution in [0.1, 0.15) is 31.4 Å². The van der Waals surface area contributed by atoms with Crippen molar-refractivity contribution in [3.05, 3.63) is 64.7 Å². The highest BCUT2D eigenvalue weighted by Gasteiger charge is 2.30. The average molecular weight is 480 g/mol. The van der Waals surface area contributed by atoms with Crippen LogP contribution in [0.4, 0.5) is 0 Å². The second-order valence-corrected chi connectivity index (χ2v) is 10.1. The molecule has 0 aliphatic carbocycles. The van der Waals surface area contributed by atoms with Gasteiger partial charge in [0.15, 0.2) is 0 Å². The van der Waals surface area contributed by atoms with Gasteiger partial charge in [-0.25, -0.2) is 8.42 Å². The lowest BCUT2D eigenvalue weighted by Gasteiger charge is -2.30. The third kappa shape index (κ3) is 6.54. The van der Waals surface area contributed by atoms with Crippen LogP contribution in [0.15, 0.2) is 53.4 Å². The molecule has 0 aliphatic rings. The topological polar surface area (TPSA) is 86.8 Å². The van der Waals surface area contributed by atoms with E-state index in [0.29, 0.717) is 17.1 Å². The first-order chi connectivity index (χ1) is 15.1. The summed E-state index contributed by atoms with van der Waals surface area (Å²) in [6.07, 6.45) is 0.758. The highest BCUT2D eigenvalue weighted by Crippen LogP contribution is 2.20. The van der Waals surface area contributed by atoms with E-state index < -0.39 is 28.5 Å². The van der Waals surface area contributed by atoms with Crippen LogP contribution in [0.2, 0.25) is 5.02 Å². The van der Waals surface area contributed by atoms with Gasteiger partial charge in [0, 0.05) is 25.2 Å². The van der Waals surface area contributed by atoms with Crippen molar-refractivity contribution in [1.82, 2.24) is 14.5 Å². The molecule has 0 aromatic heterocycles. The monoisotopic (exact) mass is 479 g/mol. The van der Waals surface area contributed by atoms with E-state index in [0.717, 1.165) is 16.3 Å². The normalized spacial score (nSPS) is 12.4. The number of halogens is 1. The number of sulfonamides is 1. The van der Waals surface area contributed by atoms with Crippen LogP contribution in [0.5, 0.6) is 0 Å². The van der Waals surface area contributed by atoms with Gasteiger partial charge in [0.25, 0.3) is 0 Å². The van der Waals surface area contributed by atoms with Crippen LogP contribution >= 0.6 is 11.6 Å². The first kappa shape index (κ1) is 25.8. The molecule has 174 valence electrons. The fourth-order valence-corrected chi connectivity index (χ4v) is 4.36. The number of amides is 2. The second kappa shape index (κ2) is 11.4. The minimum atomic E-state index is -3.87. The zero-order valence-corrected chi connectivity index (χ0v) is 20.4. The van der Waals surface area contributed by atoms with Gasteiger partial charge in [-0.15, -0.1) is 0 Å². The van der Waals surface area contributed by atoms with E-state index in [9.17, 15) is 18.0 Å². The lowest BCUT2D eigenvalue weighted by atomic mass is 10.1. The Hall–Kier alpha value is -2.42. The smallest absolute Gasteiger partial charge is 0.243 e. The summed E-state index contributed by atoms with van der Waals surface area (Å²) in [5, 5.41) is 3.25. The summed E-state index contributed by atoms with van der Waals surface area (Å²) in [4.78, 5) is 27.3. The molecule has 2 amide bonds. The first-order valence-electron chi connectivity index (χ1n) is 10.4. The molecule has 0 fully saturated rings. The fraction of sp³-hybridized carbons (Fsp3) is 0.391. The average Bonchev–Trinajstić information content (AvgIpc) is 2.76. The van der Waals surface area contributed by atoms with Gasteiger partial charge in [-0.3, -0.25) is 9.59 Å². The maximum atomic E-state index is 13.2. The van der Waals surface area contributed by atoms with E-state index in [-0.39, 0.29) is 17.3 Å². The number of hydrogen-bond donors (Lipinski definition) is 1. The molecule has 0 aliphatic heterocycles. The zero-order valence-electron chi connectivity index (χ0n) is 18.8. The molecule has 9 heteroatoms. The van der Waals surface area contributed by atoms with Gasteiger partial charge in [-0.05, 0) is 44.0 Å². The summed E-state index contributed by atoms with van der Waals surface area (Å²) in [5.41, 5.74) is 1.60. The standard InChI is InChI=1S/C23H30ClN3O4S/c1-5-14-25-23(29)18(3)27(15-19-8-6-7-9-21(19)24)22(28)16-26(4)32(30,31)20-12-10-17(2)11-13-20/h6-13,18H,5,14-16H2,1-4H3,(H,25,29)/t18-/m0/s1. The van der Waals surface area contributed by atoms with Gasteiger partial charge >= 0.3 is 0 Å². The molecule has 7 nitrogen and oxygen atoms in total. The lowest BCUT2D eigenvalue weighted by Crippen LogP contribution is -2.50. The third-order valence-corrected chi connectivity index (χ3v) is 7.29. The van der Waals surface area contributed by atoms with Crippen molar-refractivity contribution in [2.24, 2.45) is 0 Å². The highest BCUT2D eigenvalue weighted by atomic mass is 35.5. The number of nitrogens with zero attached hydrogens (tertiary/aromatic N) is 2. The maximum absolute atomic E-state index is 13.2. The quantitative estimate of drug-likeness (QED) is 0.566. The predicted octanol–water partition coefficient (Wildman–Crippen LogP) is 3.21. The summed E-state index contributed by atoms with van der Waals surface area (Å²) < 4.78 is 26.8. The van der Waals surface area contributed by atoms with Gasteiger partial charge in [0.2, 0.25) is 21.8 Å². The number of benzene rings is 2. The van der Waals surface area contributed by atoms with E-state index >= 15 is 0 Å². The molecule has 0 saturated heterocycles. The number of carbonyl (C=O) groups excluding carboxylic acids is 2. The Morgan fingerprint density at radius 3 is 2.31 bits per heavy atom. The Labute approximate surface area is 195 Å². The molecule has 0 heterocycles. The van der Waals surface area contributed by atoms with Gasteiger partial charge in [0.05, 0.1) is 11.4 Å². The van der Waals surface area contributed by atoms with Crippen molar-refractivity contribution in [3.63, 3.8) is 0 Å². The molecule has 2 aromatic rings. The van der Waals surface area contributed by atoms with Crippen LogP contribution in [-0.2, 0) is 26.2 Å². The lowest BCUT2D eigenvalue weighted by molar-refractivity contribution is -0.140. The summed E-state index contributed by atoms with van der Waals surface area (Å²) >= 11 is 6.27. The van der Waals surface area contributed by atoms with Crippen molar-refractivity contribution in [2.45, 2.75) is 44.7 Å². The molecule has 0 unspecified atom stereocenters. The molecule has 2 rings (SSSR count). The Balaban J connectivity index is 2.27. The molecule has 32 heavy (non-hydrogen) atoms. The minimum Gasteiger partial charge on any atom is -0.354 e. The van der Waals surface area contributed by atoms with E-state index in [1.54, 1.807) is 43.3 Å². The van der Waals surface area contributed by atoms with Crippen molar-refractivity contribution < 1.29 is 18.0 Å². The number of nitrogens with one attached hydrogen (secondary N) is 1. The Kier molecular flexibility index (Phi) is 9.24. The van der Waals surface area contributed by atoms with Crippen molar-refractivity contribution >= 4 is 33.4 Å². The summed E-state index contributed by atoms with van der Waals surface area (Å²) in [6, 6.07) is 12.7. The van der Waals surface area contributed by atoms with Gasteiger partial charge < -0.3 is 10.2 Å². The van der Waals surface area contributed by atoms with E-state index in [4.69, 9.17) is 11.6 Å². The maximum Gasteiger partial charge on any atom is 0.243 e. The van der Waals surface area contributed by atoms with Gasteiger partial charge in [-0.1, -0.05) is 54.4 Å². The number of rotatable bonds is 10. The van der Waals surface area contributed by atoms with Crippen LogP contribution in [0.3, 0.4) is 0 Å². The molecule has 2 aromatic carbocycles. The molecule has 0 bridgehead atoms. The van der Waals surface area contributed by atoms with Crippen molar-refractivity contribution in [1.29, 1.82) is 0 Å². The van der Waals surface area contributed by atoms with E-state index in [2.05, 4.69) is 5.32 Å². The Morgan fingerprint density at radius 2 is 1.72 bits per heavy atom. The van der Waals surface area contributed by atoms with Crippen molar-refractivity contribution in [3.8, 4) is 0 Å². The second-order valence-electron chi connectivity index (χ2n) is 7.65. The predicted molar refractivity (Wildman–Crippen MR) is 126 cm³/mol. The molecule has 1 atom stereocenters. The van der Waals surface area contributed by atoms with Crippen LogP contribution in [0, 0.1) is 6.92 Å². The first-order valence-corrected chi connectivity index (χ1v) is 12.2. The van der Waals surface area contributed by atoms with Crippen LogP contribution in [-0.4, -0.2) is 55.6 Å². The number of aryl methyl sites for hydroxylation is 1. The zero-order chi connectivity index (χ0) is 23.9. The minimum absolute atomic E-state index is 0.0810. The van der Waals surface area contributed by atoms with E-state index in [1.807, 2.05) is 13.8 Å². The summed E-state index contributed by atoms with van der Waals surface area (Å²) in [6.45, 7) is 5.57. The van der Waals surface area contributed by atoms with E-state index in [1.165, 1.54) is 24.1 Å². The summed E-state index contributed by atoms with van der Waals surface area (Å²) in [5.74, 6) is -0.807. The van der Waals surface area contributed by atoms with Crippen molar-refractivity contribution in [2.75, 3.05) is 20.1 Å². The SMILES string of the molecule is CCCNC(=O)[C@H](C)N(Cc1ccccc1Cl)C(=O)CN(C)S(=O)(=O)c1ccc(C)cc1. The van der Waals surface area contributed by atoms with Crippen LogP contribution < -0.4 is 5.32 Å². The molecule has 0 spiro atoms. The Bertz CT molecular complexity index is 1040. The number of carbonyl (C=O) groups is 2. The largest absolute Gasteiger partial charge is 0.354 e. The molecule has 1 N–H and O–H groups in total. The number of likely N-dealkylation sites (N-methyl/N-ethyl adjacent to an activating group) is 1. The third-order valence-electron chi connectivity index (χ3n) is 5.10. The van der Waals surface area contributed by atoms with Crippen LogP contribution in [0.25, 0.3) is 0 Å². The fourth-order valence-electron chi connectivity index (χ4n) is 3.05. The Morgan fingerprint density at radius 1 is 1.09 bits per heavy atom. The molecular formula is C23H30ClN3O4S. The highest BCUT2D eigenvalue weighted by molar-refractivity contribution is 7.89. The molecular weight excluding hydrogens is 450 g/mol. The molecule has 0 radical (unpaired) electrons. The number of hydrogen-bond acceptors (Lipinski definition) is 4. The van der Waals surface area contributed by atoms with Gasteiger partial charge in [-0.2, -0.15) is 4.31 Å². The summed E-state index contributed by atoms with van der Waals surface area (Å²) in [7, 11) is -2.52.